The van der Waals surface area contributed by atoms with Crippen LogP contribution in [0.4, 0.5) is 0 Å². The molecular formula is C12H13NO2. The van der Waals surface area contributed by atoms with E-state index in [0.29, 0.717) is 6.42 Å². The minimum Gasteiger partial charge on any atom is -0.361 e. The van der Waals surface area contributed by atoms with Crippen molar-refractivity contribution in [2.75, 3.05) is 0 Å². The molecule has 3 nitrogen and oxygen atoms in total. The molecule has 1 aromatic rings. The summed E-state index contributed by atoms with van der Waals surface area (Å²) in [6.45, 7) is 2.95. The number of carbonyl (C=O) groups is 2. The topological polar surface area (TPSA) is 49.9 Å². The third-order valence-electron chi connectivity index (χ3n) is 3.13. The SMILES string of the molecule is CC(=O)C1(C(C)=O)C=Cc2[nH]ccc2C1. The van der Waals surface area contributed by atoms with Gasteiger partial charge in [-0.15, -0.1) is 0 Å². The molecule has 2 rings (SSSR count). The van der Waals surface area contributed by atoms with E-state index >= 15 is 0 Å². The number of nitrogens with one attached hydrogen (secondary N) is 1. The second-order valence-electron chi connectivity index (χ2n) is 4.01. The number of allylic oxidation sites excluding steroid dienone is 1. The molecule has 1 N–H and O–H groups in total. The van der Waals surface area contributed by atoms with Crippen LogP contribution >= 0.6 is 0 Å². The number of carbonyl (C=O) groups excluding carboxylic acids is 2. The van der Waals surface area contributed by atoms with Gasteiger partial charge in [-0.05, 0) is 38.0 Å². The molecule has 1 aliphatic carbocycles. The first kappa shape index (κ1) is 9.90. The summed E-state index contributed by atoms with van der Waals surface area (Å²) in [5.41, 5.74) is 1.09. The van der Waals surface area contributed by atoms with E-state index in [2.05, 4.69) is 4.98 Å². The summed E-state index contributed by atoms with van der Waals surface area (Å²) in [5.74, 6) is -0.170. The van der Waals surface area contributed by atoms with Gasteiger partial charge in [-0.25, -0.2) is 0 Å². The van der Waals surface area contributed by atoms with E-state index in [1.54, 1.807) is 6.08 Å². The largest absolute Gasteiger partial charge is 0.361 e. The number of hydrogen-bond donors (Lipinski definition) is 1. The fourth-order valence-electron chi connectivity index (χ4n) is 2.04. The molecule has 0 bridgehead atoms. The third-order valence-corrected chi connectivity index (χ3v) is 3.13. The Bertz CT molecular complexity index is 440. The molecule has 15 heavy (non-hydrogen) atoms. The first-order valence-corrected chi connectivity index (χ1v) is 4.94. The van der Waals surface area contributed by atoms with Crippen LogP contribution in [-0.2, 0) is 16.0 Å². The lowest BCUT2D eigenvalue weighted by molar-refractivity contribution is -0.135. The molecule has 0 aliphatic heterocycles. The number of Topliss-reactive ketones (excluding diaryl/α,β-unsaturated/α-hetero) is 2. The maximum Gasteiger partial charge on any atom is 0.147 e. The number of ketones is 2. The van der Waals surface area contributed by atoms with E-state index in [1.807, 2.05) is 18.3 Å². The molecular weight excluding hydrogens is 190 g/mol. The van der Waals surface area contributed by atoms with Crippen molar-refractivity contribution in [3.05, 3.63) is 29.6 Å². The average Bonchev–Trinajstić information content (AvgIpc) is 2.62. The van der Waals surface area contributed by atoms with Gasteiger partial charge in [-0.1, -0.05) is 6.08 Å². The Morgan fingerprint density at radius 3 is 2.60 bits per heavy atom. The number of hydrogen-bond acceptors (Lipinski definition) is 2. The predicted octanol–water partition coefficient (Wildman–Crippen LogP) is 1.75. The molecule has 0 saturated carbocycles. The molecule has 1 aromatic heterocycles. The summed E-state index contributed by atoms with van der Waals surface area (Å²) >= 11 is 0. The number of aromatic amines is 1. The fourth-order valence-corrected chi connectivity index (χ4v) is 2.04. The lowest BCUT2D eigenvalue weighted by Crippen LogP contribution is -2.38. The van der Waals surface area contributed by atoms with Crippen molar-refractivity contribution in [1.82, 2.24) is 4.98 Å². The molecule has 78 valence electrons. The highest BCUT2D eigenvalue weighted by Gasteiger charge is 2.40. The molecule has 0 fully saturated rings. The van der Waals surface area contributed by atoms with Crippen molar-refractivity contribution in [3.8, 4) is 0 Å². The zero-order valence-corrected chi connectivity index (χ0v) is 8.83. The Hall–Kier alpha value is -1.64. The molecule has 1 aliphatic rings. The second kappa shape index (κ2) is 3.19. The lowest BCUT2D eigenvalue weighted by atomic mass is 9.72. The Morgan fingerprint density at radius 2 is 2.00 bits per heavy atom. The molecule has 0 unspecified atom stereocenters. The van der Waals surface area contributed by atoms with Gasteiger partial charge >= 0.3 is 0 Å². The molecule has 1 heterocycles. The van der Waals surface area contributed by atoms with Gasteiger partial charge in [-0.3, -0.25) is 9.59 Å². The van der Waals surface area contributed by atoms with E-state index in [-0.39, 0.29) is 11.6 Å². The van der Waals surface area contributed by atoms with Crippen LogP contribution in [0.5, 0.6) is 0 Å². The number of H-pyrrole nitrogens is 1. The standard InChI is InChI=1S/C12H13NO2/c1-8(14)12(9(2)15)5-3-11-10(7-12)4-6-13-11/h3-6,13H,7H2,1-2H3. The first-order chi connectivity index (χ1) is 7.06. The molecule has 0 spiro atoms. The van der Waals surface area contributed by atoms with Crippen LogP contribution in [0.2, 0.25) is 0 Å². The quantitative estimate of drug-likeness (QED) is 0.744. The van der Waals surface area contributed by atoms with Crippen LogP contribution in [0.3, 0.4) is 0 Å². The smallest absolute Gasteiger partial charge is 0.147 e. The van der Waals surface area contributed by atoms with Crippen LogP contribution in [0.15, 0.2) is 18.3 Å². The van der Waals surface area contributed by atoms with Crippen molar-refractivity contribution >= 4 is 17.6 Å². The van der Waals surface area contributed by atoms with Crippen LogP contribution in [0.1, 0.15) is 25.1 Å². The van der Waals surface area contributed by atoms with Gasteiger partial charge in [0, 0.05) is 11.9 Å². The lowest BCUT2D eigenvalue weighted by Gasteiger charge is -2.27. The van der Waals surface area contributed by atoms with Crippen LogP contribution in [0.25, 0.3) is 6.08 Å². The first-order valence-electron chi connectivity index (χ1n) is 4.94. The summed E-state index contributed by atoms with van der Waals surface area (Å²) in [7, 11) is 0. The Labute approximate surface area is 88.2 Å². The third kappa shape index (κ3) is 1.35. The van der Waals surface area contributed by atoms with Crippen LogP contribution in [0, 0.1) is 5.41 Å². The second-order valence-corrected chi connectivity index (χ2v) is 4.01. The summed E-state index contributed by atoms with van der Waals surface area (Å²) in [4.78, 5) is 26.3. The molecule has 0 radical (unpaired) electrons. The van der Waals surface area contributed by atoms with Crippen molar-refractivity contribution in [2.45, 2.75) is 20.3 Å². The van der Waals surface area contributed by atoms with E-state index in [1.165, 1.54) is 13.8 Å². The highest BCUT2D eigenvalue weighted by molar-refractivity contribution is 6.08. The van der Waals surface area contributed by atoms with Gasteiger partial charge < -0.3 is 4.98 Å². The van der Waals surface area contributed by atoms with E-state index in [4.69, 9.17) is 0 Å². The number of aromatic nitrogens is 1. The Kier molecular flexibility index (Phi) is 2.11. The van der Waals surface area contributed by atoms with Crippen LogP contribution in [-0.4, -0.2) is 16.6 Å². The Morgan fingerprint density at radius 1 is 1.33 bits per heavy atom. The fraction of sp³-hybridized carbons (Fsp3) is 0.333. The van der Waals surface area contributed by atoms with Crippen molar-refractivity contribution in [3.63, 3.8) is 0 Å². The van der Waals surface area contributed by atoms with E-state index in [9.17, 15) is 9.59 Å². The highest BCUT2D eigenvalue weighted by Crippen LogP contribution is 2.33. The monoisotopic (exact) mass is 203 g/mol. The summed E-state index contributed by atoms with van der Waals surface area (Å²) < 4.78 is 0. The Balaban J connectivity index is 2.49. The maximum atomic E-state index is 11.6. The van der Waals surface area contributed by atoms with Gasteiger partial charge in [-0.2, -0.15) is 0 Å². The van der Waals surface area contributed by atoms with Gasteiger partial charge in [0.15, 0.2) is 0 Å². The highest BCUT2D eigenvalue weighted by atomic mass is 16.2. The summed E-state index contributed by atoms with van der Waals surface area (Å²) in [6, 6.07) is 1.92. The molecule has 0 saturated heterocycles. The van der Waals surface area contributed by atoms with Gasteiger partial charge in [0.05, 0.1) is 0 Å². The molecule has 0 amide bonds. The predicted molar refractivity (Wildman–Crippen MR) is 57.3 cm³/mol. The zero-order valence-electron chi connectivity index (χ0n) is 8.83. The van der Waals surface area contributed by atoms with Gasteiger partial charge in [0.2, 0.25) is 0 Å². The average molecular weight is 203 g/mol. The van der Waals surface area contributed by atoms with Gasteiger partial charge in [0.1, 0.15) is 17.0 Å². The van der Waals surface area contributed by atoms with E-state index < -0.39 is 5.41 Å². The summed E-state index contributed by atoms with van der Waals surface area (Å²) in [5, 5.41) is 0. The zero-order chi connectivity index (χ0) is 11.1. The molecule has 0 aromatic carbocycles. The molecule has 3 heteroatoms. The van der Waals surface area contributed by atoms with Crippen LogP contribution < -0.4 is 0 Å². The van der Waals surface area contributed by atoms with Crippen molar-refractivity contribution in [2.24, 2.45) is 5.41 Å². The van der Waals surface area contributed by atoms with Crippen molar-refractivity contribution in [1.29, 1.82) is 0 Å². The normalized spacial score (nSPS) is 17.2. The number of rotatable bonds is 2. The minimum atomic E-state index is -0.935. The maximum absolute atomic E-state index is 11.6. The van der Waals surface area contributed by atoms with Crippen molar-refractivity contribution < 1.29 is 9.59 Å². The minimum absolute atomic E-state index is 0.0851. The summed E-state index contributed by atoms with van der Waals surface area (Å²) in [6.07, 6.45) is 5.84. The number of fused-ring (bicyclic) bond motifs is 1. The van der Waals surface area contributed by atoms with Gasteiger partial charge in [0.25, 0.3) is 0 Å². The molecule has 0 atom stereocenters. The van der Waals surface area contributed by atoms with E-state index in [0.717, 1.165) is 11.3 Å².